The number of aryl methyl sites for hydroxylation is 1. The van der Waals surface area contributed by atoms with Gasteiger partial charge < -0.3 is 20.1 Å². The average molecular weight is 480 g/mol. The zero-order valence-electron chi connectivity index (χ0n) is 20.6. The van der Waals surface area contributed by atoms with Crippen LogP contribution in [0.3, 0.4) is 0 Å². The predicted octanol–water partition coefficient (Wildman–Crippen LogP) is 2.76. The van der Waals surface area contributed by atoms with Gasteiger partial charge in [0, 0.05) is 38.6 Å². The smallest absolute Gasteiger partial charge is 0.237 e. The van der Waals surface area contributed by atoms with Crippen molar-refractivity contribution in [2.24, 2.45) is 0 Å². The van der Waals surface area contributed by atoms with Crippen LogP contribution in [0.5, 0.6) is 5.75 Å². The third-order valence-electron chi connectivity index (χ3n) is 7.21. The van der Waals surface area contributed by atoms with Gasteiger partial charge in [-0.2, -0.15) is 0 Å². The lowest BCUT2D eigenvalue weighted by Crippen LogP contribution is -2.52. The molecule has 0 aliphatic carbocycles. The van der Waals surface area contributed by atoms with E-state index in [1.807, 2.05) is 47.4 Å². The van der Waals surface area contributed by atoms with Gasteiger partial charge in [0.25, 0.3) is 0 Å². The van der Waals surface area contributed by atoms with Gasteiger partial charge in [0.1, 0.15) is 5.75 Å². The largest absolute Gasteiger partial charge is 0.497 e. The van der Waals surface area contributed by atoms with E-state index in [9.17, 15) is 14.7 Å². The minimum atomic E-state index is -0.500. The van der Waals surface area contributed by atoms with Gasteiger partial charge in [0.05, 0.1) is 19.3 Å². The second-order valence-corrected chi connectivity index (χ2v) is 9.62. The summed E-state index contributed by atoms with van der Waals surface area (Å²) in [6.45, 7) is 2.35. The van der Waals surface area contributed by atoms with E-state index in [-0.39, 0.29) is 23.9 Å². The number of nitrogens with zero attached hydrogens (tertiary/aromatic N) is 2. The van der Waals surface area contributed by atoms with Gasteiger partial charge >= 0.3 is 0 Å². The molecule has 2 aromatic rings. The van der Waals surface area contributed by atoms with Crippen molar-refractivity contribution >= 4 is 11.8 Å². The Morgan fingerprint density at radius 2 is 1.80 bits per heavy atom. The molecule has 2 aliphatic heterocycles. The van der Waals surface area contributed by atoms with Crippen LogP contribution in [0.15, 0.2) is 54.6 Å². The van der Waals surface area contributed by atoms with Crippen LogP contribution in [-0.4, -0.2) is 71.7 Å². The van der Waals surface area contributed by atoms with E-state index in [1.165, 1.54) is 5.56 Å². The maximum atomic E-state index is 13.0. The van der Waals surface area contributed by atoms with Crippen LogP contribution in [0.2, 0.25) is 0 Å². The van der Waals surface area contributed by atoms with Crippen LogP contribution in [0.25, 0.3) is 0 Å². The Bertz CT molecular complexity index is 975. The summed E-state index contributed by atoms with van der Waals surface area (Å²) in [7, 11) is 1.62. The van der Waals surface area contributed by atoms with Crippen LogP contribution in [0.4, 0.5) is 0 Å². The molecule has 2 aromatic carbocycles. The average Bonchev–Trinajstić information content (AvgIpc) is 3.29. The number of hydrogen-bond acceptors (Lipinski definition) is 5. The van der Waals surface area contributed by atoms with Crippen molar-refractivity contribution in [2.45, 2.75) is 63.3 Å². The third-order valence-corrected chi connectivity index (χ3v) is 7.21. The molecule has 0 radical (unpaired) electrons. The number of carbonyl (C=O) groups is 2. The maximum absolute atomic E-state index is 13.0. The van der Waals surface area contributed by atoms with Crippen LogP contribution >= 0.6 is 0 Å². The first-order valence-electron chi connectivity index (χ1n) is 12.7. The van der Waals surface area contributed by atoms with E-state index < -0.39 is 6.10 Å². The number of likely N-dealkylation sites (tertiary alicyclic amines) is 2. The van der Waals surface area contributed by atoms with Gasteiger partial charge in [-0.05, 0) is 55.4 Å². The predicted molar refractivity (Wildman–Crippen MR) is 135 cm³/mol. The highest BCUT2D eigenvalue weighted by molar-refractivity contribution is 5.82. The molecule has 2 atom stereocenters. The van der Waals surface area contributed by atoms with Crippen molar-refractivity contribution in [3.05, 3.63) is 65.7 Å². The number of hydrogen-bond donors (Lipinski definition) is 2. The molecule has 2 amide bonds. The SMILES string of the molecule is COc1cccc(CNC(=O)[C@@H]2C[C@@H](O)CN2C2CCN(C(=O)CCCc3ccccc3)CC2)c1. The molecule has 4 rings (SSSR count). The number of amides is 2. The lowest BCUT2D eigenvalue weighted by molar-refractivity contribution is -0.134. The molecule has 0 saturated carbocycles. The Morgan fingerprint density at radius 3 is 2.54 bits per heavy atom. The Hall–Kier alpha value is -2.90. The first kappa shape index (κ1) is 25.2. The molecule has 2 saturated heterocycles. The van der Waals surface area contributed by atoms with Crippen molar-refractivity contribution in [3.8, 4) is 5.75 Å². The van der Waals surface area contributed by atoms with Crippen LogP contribution in [0.1, 0.15) is 43.2 Å². The van der Waals surface area contributed by atoms with Gasteiger partial charge in [0.15, 0.2) is 0 Å². The maximum Gasteiger partial charge on any atom is 0.237 e. The Balaban J connectivity index is 1.24. The summed E-state index contributed by atoms with van der Waals surface area (Å²) in [4.78, 5) is 29.8. The molecule has 2 N–H and O–H groups in total. The van der Waals surface area contributed by atoms with E-state index in [1.54, 1.807) is 7.11 Å². The van der Waals surface area contributed by atoms with Crippen molar-refractivity contribution in [1.82, 2.24) is 15.1 Å². The third kappa shape index (κ3) is 6.83. The van der Waals surface area contributed by atoms with Crippen molar-refractivity contribution in [1.29, 1.82) is 0 Å². The highest BCUT2D eigenvalue weighted by Gasteiger charge is 2.40. The van der Waals surface area contributed by atoms with Gasteiger partial charge in [-0.15, -0.1) is 0 Å². The molecule has 7 heteroatoms. The summed E-state index contributed by atoms with van der Waals surface area (Å²) in [6.07, 6.45) is 3.95. The Kier molecular flexibility index (Phi) is 8.77. The Labute approximate surface area is 208 Å². The lowest BCUT2D eigenvalue weighted by atomic mass is 10.0. The minimum Gasteiger partial charge on any atom is -0.497 e. The van der Waals surface area contributed by atoms with Crippen molar-refractivity contribution < 1.29 is 19.4 Å². The normalized spacial score (nSPS) is 21.1. The van der Waals surface area contributed by atoms with E-state index >= 15 is 0 Å². The monoisotopic (exact) mass is 479 g/mol. The summed E-state index contributed by atoms with van der Waals surface area (Å²) < 4.78 is 5.26. The minimum absolute atomic E-state index is 0.0520. The first-order chi connectivity index (χ1) is 17.0. The molecule has 0 unspecified atom stereocenters. The van der Waals surface area contributed by atoms with E-state index in [4.69, 9.17) is 4.74 Å². The molecule has 7 nitrogen and oxygen atoms in total. The van der Waals surface area contributed by atoms with Crippen LogP contribution in [-0.2, 0) is 22.6 Å². The number of carbonyl (C=O) groups excluding carboxylic acids is 2. The number of β-amino-alcohol motifs (C(OH)–C–C–N with tert-alkyl or cyclic N) is 1. The highest BCUT2D eigenvalue weighted by Crippen LogP contribution is 2.27. The number of piperidine rings is 1. The summed E-state index contributed by atoms with van der Waals surface area (Å²) in [5, 5.41) is 13.4. The van der Waals surface area contributed by atoms with E-state index in [0.717, 1.165) is 37.0 Å². The van der Waals surface area contributed by atoms with Gasteiger partial charge in [-0.3, -0.25) is 14.5 Å². The van der Waals surface area contributed by atoms with Crippen molar-refractivity contribution in [2.75, 3.05) is 26.7 Å². The second kappa shape index (κ2) is 12.2. The fourth-order valence-corrected chi connectivity index (χ4v) is 5.28. The summed E-state index contributed by atoms with van der Waals surface area (Å²) in [6, 6.07) is 17.8. The molecule has 35 heavy (non-hydrogen) atoms. The standard InChI is InChI=1S/C28H37N3O4/c1-35-25-11-5-10-22(17-25)19-29-28(34)26-18-24(32)20-31(26)23-13-15-30(16-14-23)27(33)12-6-9-21-7-3-2-4-8-21/h2-5,7-8,10-11,17,23-24,26,32H,6,9,12-16,18-20H2,1H3,(H,29,34)/t24-,26+/m1/s1. The molecular weight excluding hydrogens is 442 g/mol. The number of aliphatic hydroxyl groups is 1. The lowest BCUT2D eigenvalue weighted by Gasteiger charge is -2.39. The highest BCUT2D eigenvalue weighted by atomic mass is 16.5. The molecule has 0 aromatic heterocycles. The zero-order valence-corrected chi connectivity index (χ0v) is 20.6. The van der Waals surface area contributed by atoms with Gasteiger partial charge in [-0.1, -0.05) is 42.5 Å². The number of rotatable bonds is 9. The molecule has 0 spiro atoms. The van der Waals surface area contributed by atoms with Crippen LogP contribution in [0, 0.1) is 0 Å². The number of methoxy groups -OCH3 is 1. The molecule has 188 valence electrons. The molecule has 2 heterocycles. The zero-order chi connectivity index (χ0) is 24.6. The summed E-state index contributed by atoms with van der Waals surface area (Å²) >= 11 is 0. The molecule has 2 aliphatic rings. The molecular formula is C28H37N3O4. The number of aliphatic hydroxyl groups excluding tert-OH is 1. The Morgan fingerprint density at radius 1 is 1.06 bits per heavy atom. The molecule has 0 bridgehead atoms. The quantitative estimate of drug-likeness (QED) is 0.578. The summed E-state index contributed by atoms with van der Waals surface area (Å²) in [5.41, 5.74) is 2.24. The van der Waals surface area contributed by atoms with Gasteiger partial charge in [0.2, 0.25) is 11.8 Å². The summed E-state index contributed by atoms with van der Waals surface area (Å²) in [5.74, 6) is 0.924. The molecule has 2 fully saturated rings. The fraction of sp³-hybridized carbons (Fsp3) is 0.500. The number of benzene rings is 2. The fourth-order valence-electron chi connectivity index (χ4n) is 5.28. The second-order valence-electron chi connectivity index (χ2n) is 9.62. The number of ether oxygens (including phenoxy) is 1. The topological polar surface area (TPSA) is 82.1 Å². The van der Waals surface area contributed by atoms with E-state index in [2.05, 4.69) is 22.3 Å². The number of nitrogens with one attached hydrogen (secondary N) is 1. The van der Waals surface area contributed by atoms with Crippen LogP contribution < -0.4 is 10.1 Å². The van der Waals surface area contributed by atoms with Crippen molar-refractivity contribution in [3.63, 3.8) is 0 Å². The van der Waals surface area contributed by atoms with Gasteiger partial charge in [-0.25, -0.2) is 0 Å². The first-order valence-corrected chi connectivity index (χ1v) is 12.7. The van der Waals surface area contributed by atoms with E-state index in [0.29, 0.717) is 39.0 Å².